The van der Waals surface area contributed by atoms with Crippen LogP contribution in [-0.4, -0.2) is 31.1 Å². The van der Waals surface area contributed by atoms with Crippen LogP contribution in [0.15, 0.2) is 59.5 Å². The summed E-state index contributed by atoms with van der Waals surface area (Å²) in [5.74, 6) is 1.25. The highest BCUT2D eigenvalue weighted by atomic mass is 32.2. The molecule has 0 radical (unpaired) electrons. The Hall–Kier alpha value is -1.45. The maximum Gasteiger partial charge on any atom is 0.0670 e. The van der Waals surface area contributed by atoms with Crippen molar-refractivity contribution in [3.63, 3.8) is 0 Å². The van der Waals surface area contributed by atoms with Crippen molar-refractivity contribution in [3.05, 3.63) is 60.2 Å². The van der Waals surface area contributed by atoms with Crippen LogP contribution < -0.4 is 4.90 Å². The Kier molecular flexibility index (Phi) is 10.3. The van der Waals surface area contributed by atoms with Crippen molar-refractivity contribution < 1.29 is 5.11 Å². The van der Waals surface area contributed by atoms with Gasteiger partial charge in [-0.05, 0) is 36.6 Å². The minimum Gasteiger partial charge on any atom is -0.392 e. The van der Waals surface area contributed by atoms with Gasteiger partial charge in [-0.2, -0.15) is 0 Å². The van der Waals surface area contributed by atoms with E-state index in [-0.39, 0.29) is 17.4 Å². The molecular weight excluding hydrogens is 386 g/mol. The zero-order chi connectivity index (χ0) is 22.0. The van der Waals surface area contributed by atoms with Gasteiger partial charge in [-0.3, -0.25) is 0 Å². The van der Waals surface area contributed by atoms with Gasteiger partial charge in [0.05, 0.1) is 6.10 Å². The number of nitrogens with zero attached hydrogens (tertiary/aromatic N) is 1. The van der Waals surface area contributed by atoms with E-state index in [1.165, 1.54) is 41.8 Å². The molecule has 0 aromatic heterocycles. The number of hydrogen-bond acceptors (Lipinski definition) is 3. The summed E-state index contributed by atoms with van der Waals surface area (Å²) in [4.78, 5) is 3.51. The van der Waals surface area contributed by atoms with E-state index in [0.29, 0.717) is 0 Å². The number of benzene rings is 2. The second-order valence-electron chi connectivity index (χ2n) is 8.86. The fourth-order valence-corrected chi connectivity index (χ4v) is 5.79. The smallest absolute Gasteiger partial charge is 0.0670 e. The lowest BCUT2D eigenvalue weighted by atomic mass is 9.70. The van der Waals surface area contributed by atoms with E-state index in [1.807, 2.05) is 48.2 Å². The Morgan fingerprint density at radius 2 is 1.50 bits per heavy atom. The number of fused-ring (bicyclic) bond motifs is 1. The molecule has 166 valence electrons. The van der Waals surface area contributed by atoms with Gasteiger partial charge < -0.3 is 10.0 Å². The van der Waals surface area contributed by atoms with E-state index >= 15 is 0 Å². The Morgan fingerprint density at radius 1 is 0.967 bits per heavy atom. The molecule has 0 amide bonds. The molecule has 0 fully saturated rings. The van der Waals surface area contributed by atoms with Gasteiger partial charge in [0.2, 0.25) is 0 Å². The Bertz CT molecular complexity index is 696. The Morgan fingerprint density at radius 3 is 1.97 bits per heavy atom. The minimum absolute atomic E-state index is 0.0629. The van der Waals surface area contributed by atoms with Gasteiger partial charge in [0, 0.05) is 41.8 Å². The molecule has 1 N–H and O–H groups in total. The number of rotatable bonds is 7. The first-order valence-corrected chi connectivity index (χ1v) is 12.6. The fraction of sp³-hybridized carbons (Fsp3) is 0.556. The molecule has 3 heteroatoms. The van der Waals surface area contributed by atoms with Gasteiger partial charge in [0.25, 0.3) is 0 Å². The lowest BCUT2D eigenvalue weighted by Gasteiger charge is -2.39. The molecule has 0 saturated heterocycles. The molecule has 0 spiro atoms. The van der Waals surface area contributed by atoms with Crippen molar-refractivity contribution in [2.24, 2.45) is 5.41 Å². The molecule has 2 atom stereocenters. The van der Waals surface area contributed by atoms with Crippen LogP contribution in [0, 0.1) is 5.41 Å². The molecule has 1 aliphatic heterocycles. The van der Waals surface area contributed by atoms with Gasteiger partial charge in [-0.1, -0.05) is 82.9 Å². The summed E-state index contributed by atoms with van der Waals surface area (Å²) in [6.07, 6.45) is 6.89. The normalized spacial score (nSPS) is 19.8. The van der Waals surface area contributed by atoms with Crippen molar-refractivity contribution in [2.75, 3.05) is 24.7 Å². The Balaban J connectivity index is 0.000000456. The van der Waals surface area contributed by atoms with Crippen LogP contribution in [0.1, 0.15) is 70.8 Å². The molecule has 30 heavy (non-hydrogen) atoms. The topological polar surface area (TPSA) is 23.5 Å². The summed E-state index contributed by atoms with van der Waals surface area (Å²) in [6, 6.07) is 18.7. The third kappa shape index (κ3) is 6.52. The largest absolute Gasteiger partial charge is 0.392 e. The van der Waals surface area contributed by atoms with E-state index in [2.05, 4.69) is 58.0 Å². The second kappa shape index (κ2) is 12.4. The number of aliphatic hydroxyl groups excluding tert-OH is 1. The molecule has 0 saturated carbocycles. The predicted octanol–water partition coefficient (Wildman–Crippen LogP) is 7.38. The number of thioether (sulfide) groups is 1. The zero-order valence-corrected chi connectivity index (χ0v) is 20.4. The molecule has 0 aliphatic carbocycles. The summed E-state index contributed by atoms with van der Waals surface area (Å²) in [7, 11) is 4.17. The van der Waals surface area contributed by atoms with E-state index in [9.17, 15) is 5.11 Å². The molecular formula is C27H41NOS. The van der Waals surface area contributed by atoms with Gasteiger partial charge in [0.1, 0.15) is 0 Å². The summed E-state index contributed by atoms with van der Waals surface area (Å²) in [5.41, 5.74) is 2.62. The highest BCUT2D eigenvalue weighted by Gasteiger charge is 2.42. The lowest BCUT2D eigenvalue weighted by Crippen LogP contribution is -2.40. The molecule has 0 unspecified atom stereocenters. The minimum atomic E-state index is -0.248. The molecule has 0 bridgehead atoms. The van der Waals surface area contributed by atoms with E-state index in [0.717, 1.165) is 18.6 Å². The van der Waals surface area contributed by atoms with Crippen LogP contribution in [0.4, 0.5) is 5.69 Å². The average molecular weight is 428 g/mol. The van der Waals surface area contributed by atoms with Crippen LogP contribution in [0.2, 0.25) is 0 Å². The number of unbranched alkanes of at least 4 members (excludes halogenated alkanes) is 2. The number of anilines is 1. The standard InChI is InChI=1S/C21H35NOS.C6H6/c1-6-8-12-21(13-9-7-2)15-24-19-11-10-17(22(4)5)14-18(19)16(3)20(21)23;1-2-4-6-5-3-1/h10-11,14,16,20,23H,6-9,12-13,15H2,1-5H3;1-6H/t16-,20-;/m1./s1. The maximum absolute atomic E-state index is 11.4. The summed E-state index contributed by atoms with van der Waals surface area (Å²) < 4.78 is 0. The fourth-order valence-electron chi connectivity index (χ4n) is 4.32. The first kappa shape index (κ1) is 24.8. The monoisotopic (exact) mass is 427 g/mol. The number of hydrogen-bond donors (Lipinski definition) is 1. The first-order chi connectivity index (χ1) is 14.4. The second-order valence-corrected chi connectivity index (χ2v) is 9.88. The third-order valence-electron chi connectivity index (χ3n) is 6.34. The molecule has 2 aromatic carbocycles. The van der Waals surface area contributed by atoms with E-state index in [1.54, 1.807) is 0 Å². The van der Waals surface area contributed by atoms with Crippen molar-refractivity contribution in [3.8, 4) is 0 Å². The summed E-state index contributed by atoms with van der Waals surface area (Å²) in [5, 5.41) is 11.4. The predicted molar refractivity (Wildman–Crippen MR) is 134 cm³/mol. The van der Waals surface area contributed by atoms with Gasteiger partial charge in [-0.25, -0.2) is 0 Å². The van der Waals surface area contributed by atoms with Crippen LogP contribution in [0.5, 0.6) is 0 Å². The molecule has 1 heterocycles. The summed E-state index contributed by atoms with van der Waals surface area (Å²) >= 11 is 1.97. The highest BCUT2D eigenvalue weighted by Crippen LogP contribution is 2.49. The maximum atomic E-state index is 11.4. The van der Waals surface area contributed by atoms with Crippen LogP contribution in [0.3, 0.4) is 0 Å². The van der Waals surface area contributed by atoms with Crippen LogP contribution in [0.25, 0.3) is 0 Å². The van der Waals surface area contributed by atoms with Crippen LogP contribution >= 0.6 is 11.8 Å². The number of aliphatic hydroxyl groups is 1. The zero-order valence-electron chi connectivity index (χ0n) is 19.6. The average Bonchev–Trinajstić information content (AvgIpc) is 2.88. The van der Waals surface area contributed by atoms with Gasteiger partial charge in [-0.15, -0.1) is 11.8 Å². The first-order valence-electron chi connectivity index (χ1n) is 11.6. The lowest BCUT2D eigenvalue weighted by molar-refractivity contribution is 0.00883. The molecule has 1 aliphatic rings. The van der Waals surface area contributed by atoms with Crippen molar-refractivity contribution in [2.45, 2.75) is 76.2 Å². The Labute approximate surface area is 189 Å². The van der Waals surface area contributed by atoms with Crippen molar-refractivity contribution in [1.82, 2.24) is 0 Å². The van der Waals surface area contributed by atoms with Gasteiger partial charge in [0.15, 0.2) is 0 Å². The molecule has 2 nitrogen and oxygen atoms in total. The van der Waals surface area contributed by atoms with Gasteiger partial charge >= 0.3 is 0 Å². The molecule has 2 aromatic rings. The van der Waals surface area contributed by atoms with Crippen LogP contribution in [-0.2, 0) is 0 Å². The van der Waals surface area contributed by atoms with Crippen molar-refractivity contribution in [1.29, 1.82) is 0 Å². The summed E-state index contributed by atoms with van der Waals surface area (Å²) in [6.45, 7) is 6.73. The highest BCUT2D eigenvalue weighted by molar-refractivity contribution is 7.99. The third-order valence-corrected chi connectivity index (χ3v) is 7.74. The van der Waals surface area contributed by atoms with Crippen molar-refractivity contribution >= 4 is 17.4 Å². The van der Waals surface area contributed by atoms with E-state index in [4.69, 9.17) is 0 Å². The quantitative estimate of drug-likeness (QED) is 0.499. The SMILES string of the molecule is CCCCC1(CCCC)CSc2ccc(N(C)C)cc2[C@@H](C)[C@H]1O.c1ccccc1. The molecule has 3 rings (SSSR count). The van der Waals surface area contributed by atoms with E-state index < -0.39 is 0 Å².